The van der Waals surface area contributed by atoms with Crippen LogP contribution in [0.5, 0.6) is 0 Å². The van der Waals surface area contributed by atoms with E-state index in [4.69, 9.17) is 51.1 Å². The number of cyclic esters (lactones) is 1. The fourth-order valence-electron chi connectivity index (χ4n) is 0.942. The lowest BCUT2D eigenvalue weighted by molar-refractivity contribution is -0.174. The van der Waals surface area contributed by atoms with Crippen molar-refractivity contribution in [3.63, 3.8) is 0 Å². The topological polar surface area (TPSA) is 26.3 Å². The van der Waals surface area contributed by atoms with E-state index >= 15 is 0 Å². The molecule has 0 aromatic heterocycles. The first-order valence-electron chi connectivity index (χ1n) is 3.41. The zero-order valence-electron chi connectivity index (χ0n) is 6.50. The lowest BCUT2D eigenvalue weighted by atomic mass is 10.1. The van der Waals surface area contributed by atoms with Gasteiger partial charge in [0.05, 0.1) is 6.42 Å². The summed E-state index contributed by atoms with van der Waals surface area (Å²) in [4.78, 5) is 10.6. The van der Waals surface area contributed by atoms with Crippen LogP contribution in [-0.4, -0.2) is 18.1 Å². The van der Waals surface area contributed by atoms with Gasteiger partial charge in [-0.1, -0.05) is 50.7 Å². The van der Waals surface area contributed by atoms with Crippen molar-refractivity contribution in [1.29, 1.82) is 0 Å². The Morgan fingerprint density at radius 3 is 2.14 bits per heavy atom. The molecule has 2 unspecified atom stereocenters. The van der Waals surface area contributed by atoms with Gasteiger partial charge in [0.25, 0.3) is 0 Å². The molecule has 2 nitrogen and oxygen atoms in total. The lowest BCUT2D eigenvalue weighted by Crippen LogP contribution is -2.48. The second kappa shape index (κ2) is 4.11. The highest BCUT2D eigenvalue weighted by Crippen LogP contribution is 2.55. The molecule has 0 amide bonds. The second-order valence-corrected chi connectivity index (χ2v) is 9.09. The zero-order chi connectivity index (χ0) is 11.2. The van der Waals surface area contributed by atoms with Crippen molar-refractivity contribution in [2.75, 3.05) is 0 Å². The average Bonchev–Trinajstić information content (AvgIpc) is 1.78. The summed E-state index contributed by atoms with van der Waals surface area (Å²) < 4.78 is 1.03. The highest BCUT2D eigenvalue weighted by atomic mass is 79.9. The van der Waals surface area contributed by atoms with Gasteiger partial charge in [-0.05, 0) is 15.9 Å². The molecule has 1 aliphatic heterocycles. The SMILES string of the molecule is O=C1CC(Br)(CC(Cl)(Br)C(Cl)(Cl)Cl)O1. The molecule has 0 saturated carbocycles. The number of carbonyl (C=O) groups is 1. The third-order valence-corrected chi connectivity index (χ3v) is 5.56. The number of ether oxygens (including phenoxy) is 1. The van der Waals surface area contributed by atoms with E-state index in [0.717, 1.165) is 0 Å². The number of esters is 1. The number of alkyl halides is 6. The molecule has 1 heterocycles. The molecule has 2 atom stereocenters. The Morgan fingerprint density at radius 2 is 1.86 bits per heavy atom. The van der Waals surface area contributed by atoms with Gasteiger partial charge in [0.2, 0.25) is 3.79 Å². The summed E-state index contributed by atoms with van der Waals surface area (Å²) in [5.74, 6) is -0.314. The van der Waals surface area contributed by atoms with Crippen LogP contribution in [0, 0.1) is 0 Å². The van der Waals surface area contributed by atoms with Gasteiger partial charge in [-0.15, -0.1) is 11.6 Å². The third-order valence-electron chi connectivity index (χ3n) is 1.61. The predicted molar refractivity (Wildman–Crippen MR) is 64.8 cm³/mol. The van der Waals surface area contributed by atoms with Crippen LogP contribution < -0.4 is 0 Å². The fraction of sp³-hybridized carbons (Fsp3) is 0.833. The normalized spacial score (nSPS) is 31.7. The standard InChI is InChI=1S/C6H4Br2Cl4O2/c7-4(1-3(13)14-4)2-5(8,9)6(10,11)12/h1-2H2. The van der Waals surface area contributed by atoms with Crippen molar-refractivity contribution in [3.05, 3.63) is 0 Å². The quantitative estimate of drug-likeness (QED) is 0.507. The maximum atomic E-state index is 10.6. The van der Waals surface area contributed by atoms with Crippen molar-refractivity contribution in [3.8, 4) is 0 Å². The molecule has 0 spiro atoms. The van der Waals surface area contributed by atoms with Crippen LogP contribution in [0.4, 0.5) is 0 Å². The van der Waals surface area contributed by atoms with Gasteiger partial charge in [-0.25, -0.2) is 0 Å². The van der Waals surface area contributed by atoms with Gasteiger partial charge < -0.3 is 4.74 Å². The van der Waals surface area contributed by atoms with Crippen LogP contribution in [0.2, 0.25) is 0 Å². The van der Waals surface area contributed by atoms with E-state index in [0.29, 0.717) is 0 Å². The molecule has 0 N–H and O–H groups in total. The number of hydrogen-bond acceptors (Lipinski definition) is 2. The Labute approximate surface area is 118 Å². The zero-order valence-corrected chi connectivity index (χ0v) is 12.7. The summed E-state index contributed by atoms with van der Waals surface area (Å²) in [6.07, 6.45) is 0.345. The molecule has 0 bridgehead atoms. The summed E-state index contributed by atoms with van der Waals surface area (Å²) in [6, 6.07) is 0. The van der Waals surface area contributed by atoms with Crippen LogP contribution in [0.25, 0.3) is 0 Å². The van der Waals surface area contributed by atoms with E-state index in [1.807, 2.05) is 0 Å². The molecule has 0 radical (unpaired) electrons. The first-order valence-corrected chi connectivity index (χ1v) is 6.51. The van der Waals surface area contributed by atoms with E-state index < -0.39 is 12.1 Å². The van der Waals surface area contributed by atoms with Crippen LogP contribution >= 0.6 is 78.3 Å². The summed E-state index contributed by atoms with van der Waals surface area (Å²) >= 11 is 29.2. The van der Waals surface area contributed by atoms with Gasteiger partial charge in [0.15, 0.2) is 8.29 Å². The predicted octanol–water partition coefficient (Wildman–Crippen LogP) is 4.11. The number of hydrogen-bond donors (Lipinski definition) is 0. The monoisotopic (exact) mass is 406 g/mol. The van der Waals surface area contributed by atoms with E-state index in [2.05, 4.69) is 31.9 Å². The Kier molecular flexibility index (Phi) is 4.01. The van der Waals surface area contributed by atoms with Crippen molar-refractivity contribution in [1.82, 2.24) is 0 Å². The molecule has 0 aromatic rings. The third kappa shape index (κ3) is 3.05. The second-order valence-electron chi connectivity index (χ2n) is 2.91. The largest absolute Gasteiger partial charge is 0.447 e. The van der Waals surface area contributed by atoms with Gasteiger partial charge in [-0.2, -0.15) is 0 Å². The Morgan fingerprint density at radius 1 is 1.43 bits per heavy atom. The summed E-state index contributed by atoms with van der Waals surface area (Å²) in [5, 5.41) is 0. The Bertz CT molecular complexity index is 255. The molecule has 82 valence electrons. The van der Waals surface area contributed by atoms with Crippen LogP contribution in [0.3, 0.4) is 0 Å². The maximum absolute atomic E-state index is 10.6. The molecule has 8 heteroatoms. The van der Waals surface area contributed by atoms with Crippen molar-refractivity contribution in [2.45, 2.75) is 24.9 Å². The minimum atomic E-state index is -1.70. The lowest BCUT2D eigenvalue weighted by Gasteiger charge is -2.40. The van der Waals surface area contributed by atoms with Gasteiger partial charge in [-0.3, -0.25) is 4.79 Å². The van der Waals surface area contributed by atoms with Crippen molar-refractivity contribution < 1.29 is 9.53 Å². The minimum absolute atomic E-state index is 0.143. The summed E-state index contributed by atoms with van der Waals surface area (Å²) in [5.41, 5.74) is 0. The van der Waals surface area contributed by atoms with Crippen LogP contribution in [-0.2, 0) is 9.53 Å². The fourth-order valence-corrected chi connectivity index (χ4v) is 3.18. The molecule has 1 rings (SSSR count). The minimum Gasteiger partial charge on any atom is -0.447 e. The highest BCUT2D eigenvalue weighted by Gasteiger charge is 2.55. The Balaban J connectivity index is 2.64. The van der Waals surface area contributed by atoms with Gasteiger partial charge in [0.1, 0.15) is 0 Å². The van der Waals surface area contributed by atoms with E-state index in [1.54, 1.807) is 0 Å². The number of rotatable bonds is 2. The van der Waals surface area contributed by atoms with Crippen molar-refractivity contribution in [2.24, 2.45) is 0 Å². The van der Waals surface area contributed by atoms with Crippen LogP contribution in [0.15, 0.2) is 0 Å². The number of carbonyl (C=O) groups excluding carboxylic acids is 1. The molecular formula is C6H4Br2Cl4O2. The van der Waals surface area contributed by atoms with Crippen LogP contribution in [0.1, 0.15) is 12.8 Å². The summed E-state index contributed by atoms with van der Waals surface area (Å²) in [7, 11) is 0. The molecule has 14 heavy (non-hydrogen) atoms. The molecule has 1 aliphatic rings. The first kappa shape index (κ1) is 13.7. The molecule has 0 aliphatic carbocycles. The van der Waals surface area contributed by atoms with E-state index in [9.17, 15) is 4.79 Å². The average molecular weight is 410 g/mol. The molecule has 0 aromatic carbocycles. The summed E-state index contributed by atoms with van der Waals surface area (Å²) in [6.45, 7) is 0. The molecule has 1 saturated heterocycles. The molecule has 1 fully saturated rings. The highest BCUT2D eigenvalue weighted by molar-refractivity contribution is 9.11. The van der Waals surface area contributed by atoms with Crippen molar-refractivity contribution >= 4 is 84.2 Å². The number of halogens is 6. The van der Waals surface area contributed by atoms with E-state index in [1.165, 1.54) is 0 Å². The Hall–Kier alpha value is 1.59. The molecular weight excluding hydrogens is 406 g/mol. The van der Waals surface area contributed by atoms with E-state index in [-0.39, 0.29) is 18.8 Å². The van der Waals surface area contributed by atoms with Gasteiger partial charge >= 0.3 is 5.97 Å². The first-order chi connectivity index (χ1) is 6.06. The van der Waals surface area contributed by atoms with Gasteiger partial charge in [0, 0.05) is 6.42 Å². The maximum Gasteiger partial charge on any atom is 0.312 e. The smallest absolute Gasteiger partial charge is 0.312 e.